The molecule has 6 heteroatoms. The van der Waals surface area contributed by atoms with Crippen LogP contribution in [0, 0.1) is 0 Å². The molecule has 1 N–H and O–H groups in total. The van der Waals surface area contributed by atoms with Crippen molar-refractivity contribution in [1.29, 1.82) is 0 Å². The summed E-state index contributed by atoms with van der Waals surface area (Å²) in [6.45, 7) is 5.40. The van der Waals surface area contributed by atoms with Crippen molar-refractivity contribution in [3.63, 3.8) is 0 Å². The average Bonchev–Trinajstić information content (AvgIpc) is 3.15. The number of hydrogen-bond acceptors (Lipinski definition) is 3. The Morgan fingerprint density at radius 2 is 1.71 bits per heavy atom. The van der Waals surface area contributed by atoms with Crippen LogP contribution >= 0.6 is 24.0 Å². The van der Waals surface area contributed by atoms with Gasteiger partial charge >= 0.3 is 0 Å². The summed E-state index contributed by atoms with van der Waals surface area (Å²) >= 11 is 0. The van der Waals surface area contributed by atoms with E-state index in [4.69, 9.17) is 4.74 Å². The number of nitrogens with one attached hydrogen (secondary N) is 1. The quantitative estimate of drug-likeness (QED) is 0.405. The number of nitrogens with zero attached hydrogens (tertiary/aromatic N) is 3. The standard InChI is InChI=1S/C22H28N4O.HI/c1-23-22(24-14-18-8-4-2-5-9-18)26-16-20-21(17-26)27-13-12-25(20)15-19-10-6-3-7-11-19;/h2-11,20-21H,12-17H2,1H3,(H,23,24);1H. The smallest absolute Gasteiger partial charge is 0.194 e. The fraction of sp³-hybridized carbons (Fsp3) is 0.409. The van der Waals surface area contributed by atoms with Gasteiger partial charge in [0.2, 0.25) is 0 Å². The van der Waals surface area contributed by atoms with Gasteiger partial charge in [-0.1, -0.05) is 60.7 Å². The summed E-state index contributed by atoms with van der Waals surface area (Å²) in [7, 11) is 1.86. The van der Waals surface area contributed by atoms with Crippen molar-refractivity contribution < 1.29 is 4.74 Å². The molecule has 150 valence electrons. The zero-order chi connectivity index (χ0) is 18.5. The number of aliphatic imine (C=N–C) groups is 1. The second kappa shape index (κ2) is 10.2. The van der Waals surface area contributed by atoms with Crippen molar-refractivity contribution in [2.24, 2.45) is 4.99 Å². The summed E-state index contributed by atoms with van der Waals surface area (Å²) in [6.07, 6.45) is 0.248. The molecule has 4 rings (SSSR count). The van der Waals surface area contributed by atoms with Crippen LogP contribution in [0.4, 0.5) is 0 Å². The lowest BCUT2D eigenvalue weighted by Crippen LogP contribution is -2.50. The molecule has 0 amide bonds. The lowest BCUT2D eigenvalue weighted by Gasteiger charge is -2.36. The fourth-order valence-corrected chi connectivity index (χ4v) is 4.05. The monoisotopic (exact) mass is 492 g/mol. The van der Waals surface area contributed by atoms with E-state index in [9.17, 15) is 0 Å². The third-order valence-corrected chi connectivity index (χ3v) is 5.45. The third-order valence-electron chi connectivity index (χ3n) is 5.45. The molecule has 2 atom stereocenters. The second-order valence-electron chi connectivity index (χ2n) is 7.22. The molecule has 2 saturated heterocycles. The molecule has 5 nitrogen and oxygen atoms in total. The Kier molecular flexibility index (Phi) is 7.70. The number of likely N-dealkylation sites (tertiary alicyclic amines) is 1. The molecule has 2 heterocycles. The molecule has 0 radical (unpaired) electrons. The molecule has 2 fully saturated rings. The normalized spacial score (nSPS) is 22.5. The van der Waals surface area contributed by atoms with Gasteiger partial charge < -0.3 is 15.0 Å². The molecule has 2 aromatic carbocycles. The van der Waals surface area contributed by atoms with Gasteiger partial charge in [0.15, 0.2) is 5.96 Å². The minimum atomic E-state index is 0. The first-order chi connectivity index (χ1) is 13.3. The van der Waals surface area contributed by atoms with Crippen molar-refractivity contribution in [1.82, 2.24) is 15.1 Å². The Balaban J connectivity index is 0.00000225. The summed E-state index contributed by atoms with van der Waals surface area (Å²) < 4.78 is 6.09. The van der Waals surface area contributed by atoms with Gasteiger partial charge in [0, 0.05) is 39.8 Å². The Hall–Kier alpha value is -1.64. The highest BCUT2D eigenvalue weighted by atomic mass is 127. The summed E-state index contributed by atoms with van der Waals surface area (Å²) in [5.41, 5.74) is 2.63. The first-order valence-electron chi connectivity index (χ1n) is 9.72. The van der Waals surface area contributed by atoms with Crippen molar-refractivity contribution in [2.45, 2.75) is 25.2 Å². The number of halogens is 1. The van der Waals surface area contributed by atoms with Crippen LogP contribution < -0.4 is 5.32 Å². The van der Waals surface area contributed by atoms with Crippen LogP contribution in [0.25, 0.3) is 0 Å². The van der Waals surface area contributed by atoms with E-state index in [1.54, 1.807) is 0 Å². The van der Waals surface area contributed by atoms with E-state index in [2.05, 4.69) is 74.7 Å². The minimum absolute atomic E-state index is 0. The van der Waals surface area contributed by atoms with Crippen LogP contribution in [0.1, 0.15) is 11.1 Å². The molecule has 0 spiro atoms. The highest BCUT2D eigenvalue weighted by molar-refractivity contribution is 14.0. The maximum absolute atomic E-state index is 6.09. The molecule has 2 aromatic rings. The van der Waals surface area contributed by atoms with E-state index in [0.717, 1.165) is 45.3 Å². The molecule has 2 unspecified atom stereocenters. The van der Waals surface area contributed by atoms with Gasteiger partial charge in [-0.3, -0.25) is 9.89 Å². The van der Waals surface area contributed by atoms with Crippen LogP contribution in [0.5, 0.6) is 0 Å². The first-order valence-corrected chi connectivity index (χ1v) is 9.72. The number of morpholine rings is 1. The van der Waals surface area contributed by atoms with Crippen molar-refractivity contribution in [3.05, 3.63) is 71.8 Å². The van der Waals surface area contributed by atoms with Gasteiger partial charge in [0.1, 0.15) is 0 Å². The van der Waals surface area contributed by atoms with Gasteiger partial charge in [-0.25, -0.2) is 0 Å². The van der Waals surface area contributed by atoms with Crippen LogP contribution in [0.15, 0.2) is 65.7 Å². The lowest BCUT2D eigenvalue weighted by atomic mass is 10.1. The average molecular weight is 492 g/mol. The van der Waals surface area contributed by atoms with E-state index < -0.39 is 0 Å². The van der Waals surface area contributed by atoms with Gasteiger partial charge in [0.05, 0.1) is 18.8 Å². The molecule has 0 aliphatic carbocycles. The van der Waals surface area contributed by atoms with Crippen LogP contribution in [0.3, 0.4) is 0 Å². The topological polar surface area (TPSA) is 40.1 Å². The highest BCUT2D eigenvalue weighted by Gasteiger charge is 2.41. The molecule has 0 saturated carbocycles. The zero-order valence-electron chi connectivity index (χ0n) is 16.3. The maximum Gasteiger partial charge on any atom is 0.194 e. The summed E-state index contributed by atoms with van der Waals surface area (Å²) in [4.78, 5) is 9.41. The number of hydrogen-bond donors (Lipinski definition) is 1. The molecular formula is C22H29IN4O. The van der Waals surface area contributed by atoms with E-state index in [1.807, 2.05) is 13.1 Å². The number of fused-ring (bicyclic) bond motifs is 1. The zero-order valence-corrected chi connectivity index (χ0v) is 18.7. The number of guanidine groups is 1. The third kappa shape index (κ3) is 5.04. The molecular weight excluding hydrogens is 463 g/mol. The fourth-order valence-electron chi connectivity index (χ4n) is 4.05. The van der Waals surface area contributed by atoms with Crippen LogP contribution in [-0.2, 0) is 17.8 Å². The number of rotatable bonds is 4. The van der Waals surface area contributed by atoms with E-state index in [1.165, 1.54) is 11.1 Å². The Labute approximate surface area is 184 Å². The molecule has 28 heavy (non-hydrogen) atoms. The van der Waals surface area contributed by atoms with Crippen molar-refractivity contribution in [2.75, 3.05) is 33.3 Å². The Morgan fingerprint density at radius 3 is 2.39 bits per heavy atom. The maximum atomic E-state index is 6.09. The van der Waals surface area contributed by atoms with Gasteiger partial charge in [-0.2, -0.15) is 0 Å². The van der Waals surface area contributed by atoms with Crippen LogP contribution in [0.2, 0.25) is 0 Å². The van der Waals surface area contributed by atoms with E-state index in [-0.39, 0.29) is 30.1 Å². The van der Waals surface area contributed by atoms with Gasteiger partial charge in [-0.15, -0.1) is 24.0 Å². The second-order valence-corrected chi connectivity index (χ2v) is 7.22. The molecule has 0 aromatic heterocycles. The predicted molar refractivity (Wildman–Crippen MR) is 124 cm³/mol. The van der Waals surface area contributed by atoms with Crippen molar-refractivity contribution >= 4 is 29.9 Å². The molecule has 2 aliphatic rings. The lowest BCUT2D eigenvalue weighted by molar-refractivity contribution is -0.0502. The first kappa shape index (κ1) is 21.1. The minimum Gasteiger partial charge on any atom is -0.373 e. The van der Waals surface area contributed by atoms with E-state index >= 15 is 0 Å². The molecule has 2 aliphatic heterocycles. The predicted octanol–water partition coefficient (Wildman–Crippen LogP) is 2.97. The van der Waals surface area contributed by atoms with E-state index in [0.29, 0.717) is 6.04 Å². The summed E-state index contributed by atoms with van der Waals surface area (Å²) in [5, 5.41) is 3.50. The van der Waals surface area contributed by atoms with Gasteiger partial charge in [-0.05, 0) is 11.1 Å². The summed E-state index contributed by atoms with van der Waals surface area (Å²) in [6, 6.07) is 21.6. The highest BCUT2D eigenvalue weighted by Crippen LogP contribution is 2.24. The van der Waals surface area contributed by atoms with Crippen LogP contribution in [-0.4, -0.2) is 61.2 Å². The van der Waals surface area contributed by atoms with Gasteiger partial charge in [0.25, 0.3) is 0 Å². The molecule has 0 bridgehead atoms. The summed E-state index contributed by atoms with van der Waals surface area (Å²) in [5.74, 6) is 0.955. The Morgan fingerprint density at radius 1 is 1.04 bits per heavy atom. The largest absolute Gasteiger partial charge is 0.373 e. The number of benzene rings is 2. The number of ether oxygens (including phenoxy) is 1. The Bertz CT molecular complexity index is 756. The SMILES string of the molecule is CN=C(NCc1ccccc1)N1CC2OCCN(Cc3ccccc3)C2C1.I. The van der Waals surface area contributed by atoms with Crippen molar-refractivity contribution in [3.8, 4) is 0 Å².